The fourth-order valence-corrected chi connectivity index (χ4v) is 4.15. The molecule has 2 atom stereocenters. The van der Waals surface area contributed by atoms with Gasteiger partial charge in [0.2, 0.25) is 0 Å². The Morgan fingerprint density at radius 2 is 1.94 bits per heavy atom. The summed E-state index contributed by atoms with van der Waals surface area (Å²) in [6.45, 7) is 5.27. The summed E-state index contributed by atoms with van der Waals surface area (Å²) in [7, 11) is 0. The van der Waals surface area contributed by atoms with Crippen molar-refractivity contribution in [2.45, 2.75) is 36.5 Å². The average molecular weight is 276 g/mol. The lowest BCUT2D eigenvalue weighted by molar-refractivity contribution is 0.528. The zero-order valence-electron chi connectivity index (χ0n) is 9.39. The Balaban J connectivity index is 2.45. The number of nitrogens with one attached hydrogen (secondary N) is 1. The van der Waals surface area contributed by atoms with Crippen molar-refractivity contribution in [1.82, 2.24) is 5.32 Å². The third-order valence-corrected chi connectivity index (χ3v) is 5.21. The molecule has 2 rings (SSSR count). The Hall–Kier alpha value is 0.110. The highest BCUT2D eigenvalue weighted by Gasteiger charge is 2.34. The monoisotopic (exact) mass is 275 g/mol. The zero-order valence-corrected chi connectivity index (χ0v) is 11.7. The van der Waals surface area contributed by atoms with Crippen LogP contribution < -0.4 is 5.32 Å². The van der Waals surface area contributed by atoms with Crippen molar-refractivity contribution in [2.75, 3.05) is 6.54 Å². The standard InChI is InChI=1S/C12H15Cl2NS/c1-3-9-11(15-4-2)10-7(13)5-6-8(14)12(10)16-9/h5-6,9,11,15H,3-4H2,1-2H3. The molecule has 0 saturated heterocycles. The van der Waals surface area contributed by atoms with Gasteiger partial charge in [-0.25, -0.2) is 0 Å². The van der Waals surface area contributed by atoms with Crippen molar-refractivity contribution in [2.24, 2.45) is 0 Å². The predicted molar refractivity (Wildman–Crippen MR) is 72.8 cm³/mol. The highest BCUT2D eigenvalue weighted by molar-refractivity contribution is 8.00. The van der Waals surface area contributed by atoms with Crippen molar-refractivity contribution in [1.29, 1.82) is 0 Å². The van der Waals surface area contributed by atoms with E-state index in [-0.39, 0.29) is 0 Å². The van der Waals surface area contributed by atoms with Gasteiger partial charge in [-0.05, 0) is 25.1 Å². The lowest BCUT2D eigenvalue weighted by Crippen LogP contribution is -2.26. The van der Waals surface area contributed by atoms with Crippen molar-refractivity contribution < 1.29 is 0 Å². The van der Waals surface area contributed by atoms with Crippen LogP contribution in [0.4, 0.5) is 0 Å². The van der Waals surface area contributed by atoms with E-state index in [0.717, 1.165) is 27.9 Å². The molecule has 1 aliphatic rings. The molecule has 0 amide bonds. The van der Waals surface area contributed by atoms with Gasteiger partial charge in [-0.15, -0.1) is 11.8 Å². The second-order valence-corrected chi connectivity index (χ2v) is 5.94. The Bertz CT molecular complexity index is 395. The number of benzene rings is 1. The molecule has 0 spiro atoms. The minimum atomic E-state index is 0.334. The molecule has 1 heterocycles. The second-order valence-electron chi connectivity index (χ2n) is 3.87. The van der Waals surface area contributed by atoms with Crippen LogP contribution in [-0.2, 0) is 0 Å². The number of halogens is 2. The quantitative estimate of drug-likeness (QED) is 0.870. The number of hydrogen-bond donors (Lipinski definition) is 1. The summed E-state index contributed by atoms with van der Waals surface area (Å²) in [5, 5.41) is 5.69. The molecule has 1 N–H and O–H groups in total. The smallest absolute Gasteiger partial charge is 0.0546 e. The van der Waals surface area contributed by atoms with Crippen molar-refractivity contribution >= 4 is 35.0 Å². The van der Waals surface area contributed by atoms with Crippen LogP contribution in [0, 0.1) is 0 Å². The molecular formula is C12H15Cl2NS. The van der Waals surface area contributed by atoms with Gasteiger partial charge < -0.3 is 5.32 Å². The third kappa shape index (κ3) is 2.08. The molecule has 16 heavy (non-hydrogen) atoms. The van der Waals surface area contributed by atoms with E-state index in [0.29, 0.717) is 11.3 Å². The van der Waals surface area contributed by atoms with Gasteiger partial charge >= 0.3 is 0 Å². The van der Waals surface area contributed by atoms with Crippen LogP contribution >= 0.6 is 35.0 Å². The summed E-state index contributed by atoms with van der Waals surface area (Å²) in [6, 6.07) is 4.11. The van der Waals surface area contributed by atoms with Crippen LogP contribution in [0.25, 0.3) is 0 Å². The average Bonchev–Trinajstić information content (AvgIpc) is 2.64. The molecule has 1 aromatic rings. The van der Waals surface area contributed by atoms with E-state index in [1.54, 1.807) is 0 Å². The fraction of sp³-hybridized carbons (Fsp3) is 0.500. The maximum Gasteiger partial charge on any atom is 0.0546 e. The maximum atomic E-state index is 6.28. The molecule has 0 aromatic heterocycles. The van der Waals surface area contributed by atoms with E-state index < -0.39 is 0 Å². The van der Waals surface area contributed by atoms with Crippen LogP contribution in [0.5, 0.6) is 0 Å². The summed E-state index contributed by atoms with van der Waals surface area (Å²) in [5.74, 6) is 0. The van der Waals surface area contributed by atoms with E-state index in [4.69, 9.17) is 23.2 Å². The molecule has 1 nitrogen and oxygen atoms in total. The van der Waals surface area contributed by atoms with Gasteiger partial charge in [0.1, 0.15) is 0 Å². The molecule has 0 bridgehead atoms. The summed E-state index contributed by atoms with van der Waals surface area (Å²) in [6.07, 6.45) is 1.11. The molecule has 88 valence electrons. The lowest BCUT2D eigenvalue weighted by atomic mass is 10.0. The van der Waals surface area contributed by atoms with Crippen LogP contribution in [0.2, 0.25) is 10.0 Å². The first-order valence-corrected chi connectivity index (χ1v) is 7.20. The van der Waals surface area contributed by atoms with Gasteiger partial charge in [0, 0.05) is 26.8 Å². The predicted octanol–water partition coefficient (Wildman–Crippen LogP) is 4.53. The second kappa shape index (κ2) is 5.18. The molecule has 0 radical (unpaired) electrons. The summed E-state index contributed by atoms with van der Waals surface area (Å²) in [4.78, 5) is 1.16. The normalized spacial score (nSPS) is 23.5. The van der Waals surface area contributed by atoms with Crippen LogP contribution in [-0.4, -0.2) is 11.8 Å². The Kier molecular flexibility index (Phi) is 4.06. The Morgan fingerprint density at radius 1 is 1.25 bits per heavy atom. The number of hydrogen-bond acceptors (Lipinski definition) is 2. The van der Waals surface area contributed by atoms with Crippen LogP contribution in [0.3, 0.4) is 0 Å². The largest absolute Gasteiger partial charge is 0.309 e. The van der Waals surface area contributed by atoms with Crippen LogP contribution in [0.15, 0.2) is 17.0 Å². The summed E-state index contributed by atoms with van der Waals surface area (Å²) < 4.78 is 0. The van der Waals surface area contributed by atoms with E-state index >= 15 is 0 Å². The molecule has 1 aliphatic heterocycles. The molecule has 2 unspecified atom stereocenters. The first-order chi connectivity index (χ1) is 7.69. The van der Waals surface area contributed by atoms with Gasteiger partial charge in [0.25, 0.3) is 0 Å². The van der Waals surface area contributed by atoms with Gasteiger partial charge in [-0.2, -0.15) is 0 Å². The third-order valence-electron chi connectivity index (χ3n) is 2.87. The van der Waals surface area contributed by atoms with Gasteiger partial charge in [0.05, 0.1) is 5.02 Å². The number of fused-ring (bicyclic) bond motifs is 1. The molecular weight excluding hydrogens is 261 g/mol. The number of rotatable bonds is 3. The highest BCUT2D eigenvalue weighted by Crippen LogP contribution is 2.51. The molecule has 0 aliphatic carbocycles. The number of thioether (sulfide) groups is 1. The van der Waals surface area contributed by atoms with Crippen molar-refractivity contribution in [3.8, 4) is 0 Å². The Labute approximate surface area is 111 Å². The minimum absolute atomic E-state index is 0.334. The molecule has 0 saturated carbocycles. The zero-order chi connectivity index (χ0) is 11.7. The maximum absolute atomic E-state index is 6.28. The SMILES string of the molecule is CCNC1c2c(Cl)ccc(Cl)c2SC1CC. The van der Waals surface area contributed by atoms with Crippen molar-refractivity contribution in [3.63, 3.8) is 0 Å². The first-order valence-electron chi connectivity index (χ1n) is 5.57. The molecule has 0 fully saturated rings. The highest BCUT2D eigenvalue weighted by atomic mass is 35.5. The van der Waals surface area contributed by atoms with E-state index in [1.165, 1.54) is 5.56 Å². The summed E-state index contributed by atoms with van der Waals surface area (Å²) in [5.41, 5.74) is 1.19. The summed E-state index contributed by atoms with van der Waals surface area (Å²) >= 11 is 14.4. The van der Waals surface area contributed by atoms with Crippen molar-refractivity contribution in [3.05, 3.63) is 27.7 Å². The van der Waals surface area contributed by atoms with Gasteiger partial charge in [-0.1, -0.05) is 37.0 Å². The lowest BCUT2D eigenvalue weighted by Gasteiger charge is -2.19. The minimum Gasteiger partial charge on any atom is -0.309 e. The van der Waals surface area contributed by atoms with Crippen LogP contribution in [0.1, 0.15) is 31.9 Å². The molecule has 1 aromatic carbocycles. The van der Waals surface area contributed by atoms with Gasteiger partial charge in [0.15, 0.2) is 0 Å². The van der Waals surface area contributed by atoms with Gasteiger partial charge in [-0.3, -0.25) is 0 Å². The Morgan fingerprint density at radius 3 is 2.56 bits per heavy atom. The topological polar surface area (TPSA) is 12.0 Å². The fourth-order valence-electron chi connectivity index (χ4n) is 2.14. The van der Waals surface area contributed by atoms with E-state index in [1.807, 2.05) is 23.9 Å². The first kappa shape index (κ1) is 12.6. The molecule has 4 heteroatoms. The van der Waals surface area contributed by atoms with E-state index in [2.05, 4.69) is 19.2 Å². The van der Waals surface area contributed by atoms with E-state index in [9.17, 15) is 0 Å².